The minimum Gasteiger partial charge on any atom is -0.497 e. The van der Waals surface area contributed by atoms with Crippen molar-refractivity contribution in [3.63, 3.8) is 0 Å². The molecular weight excluding hydrogens is 296 g/mol. The average Bonchev–Trinajstić information content (AvgIpc) is 2.64. The molecule has 128 valence electrons. The highest BCUT2D eigenvalue weighted by Gasteiger charge is 2.18. The van der Waals surface area contributed by atoms with Gasteiger partial charge in [-0.05, 0) is 61.7 Å². The molecule has 1 N–H and O–H groups in total. The maximum Gasteiger partial charge on any atom is 0.119 e. The number of nitrogens with one attached hydrogen (secondary N) is 1. The fourth-order valence-electron chi connectivity index (χ4n) is 3.39. The Labute approximate surface area is 145 Å². The summed E-state index contributed by atoms with van der Waals surface area (Å²) in [5.41, 5.74) is 2.71. The van der Waals surface area contributed by atoms with E-state index in [9.17, 15) is 0 Å². The molecule has 0 radical (unpaired) electrons. The molecule has 24 heavy (non-hydrogen) atoms. The van der Waals surface area contributed by atoms with E-state index >= 15 is 0 Å². The Hall–Kier alpha value is -1.84. The molecule has 3 heteroatoms. The first-order chi connectivity index (χ1) is 11.8. The largest absolute Gasteiger partial charge is 0.497 e. The Kier molecular flexibility index (Phi) is 6.27. The Morgan fingerprint density at radius 1 is 1.00 bits per heavy atom. The number of hydrogen-bond acceptors (Lipinski definition) is 3. The Balaban J connectivity index is 1.36. The van der Waals surface area contributed by atoms with Gasteiger partial charge in [-0.1, -0.05) is 42.5 Å². The monoisotopic (exact) mass is 324 g/mol. The first kappa shape index (κ1) is 17.0. The molecule has 1 fully saturated rings. The van der Waals surface area contributed by atoms with Gasteiger partial charge in [-0.15, -0.1) is 0 Å². The maximum absolute atomic E-state index is 5.28. The molecule has 0 aromatic heterocycles. The second-order valence-corrected chi connectivity index (χ2v) is 6.69. The van der Waals surface area contributed by atoms with Gasteiger partial charge in [0.1, 0.15) is 5.75 Å². The minimum absolute atomic E-state index is 0.794. The molecular formula is C21H28N2O. The van der Waals surface area contributed by atoms with Crippen molar-refractivity contribution in [1.82, 2.24) is 10.2 Å². The predicted octanol–water partition coefficient (Wildman–Crippen LogP) is 3.70. The van der Waals surface area contributed by atoms with Gasteiger partial charge in [0, 0.05) is 13.1 Å². The third-order valence-corrected chi connectivity index (χ3v) is 4.85. The van der Waals surface area contributed by atoms with E-state index < -0.39 is 0 Å². The number of ether oxygens (including phenoxy) is 1. The Morgan fingerprint density at radius 3 is 2.50 bits per heavy atom. The molecule has 3 rings (SSSR count). The summed E-state index contributed by atoms with van der Waals surface area (Å²) >= 11 is 0. The molecule has 2 aromatic rings. The summed E-state index contributed by atoms with van der Waals surface area (Å²) in [6.45, 7) is 5.53. The predicted molar refractivity (Wildman–Crippen MR) is 99.1 cm³/mol. The van der Waals surface area contributed by atoms with Crippen molar-refractivity contribution >= 4 is 0 Å². The van der Waals surface area contributed by atoms with E-state index in [1.165, 1.54) is 37.1 Å². The van der Waals surface area contributed by atoms with Crippen molar-refractivity contribution in [3.05, 3.63) is 65.7 Å². The molecule has 0 aliphatic carbocycles. The van der Waals surface area contributed by atoms with Crippen LogP contribution in [0.2, 0.25) is 0 Å². The van der Waals surface area contributed by atoms with E-state index in [1.807, 2.05) is 6.07 Å². The van der Waals surface area contributed by atoms with Gasteiger partial charge in [0.25, 0.3) is 0 Å². The highest BCUT2D eigenvalue weighted by atomic mass is 16.5. The molecule has 3 nitrogen and oxygen atoms in total. The fraction of sp³-hybridized carbons (Fsp3) is 0.429. The van der Waals surface area contributed by atoms with Gasteiger partial charge in [-0.25, -0.2) is 0 Å². The molecule has 0 spiro atoms. The van der Waals surface area contributed by atoms with Crippen LogP contribution in [0.4, 0.5) is 0 Å². The smallest absolute Gasteiger partial charge is 0.119 e. The lowest BCUT2D eigenvalue weighted by Gasteiger charge is -2.32. The van der Waals surface area contributed by atoms with Gasteiger partial charge in [-0.3, -0.25) is 4.90 Å². The standard InChI is InChI=1S/C21H28N2O/c1-24-21-9-5-8-20(14-21)16-22-15-18-10-12-23(13-11-18)17-19-6-3-2-4-7-19/h2-9,14,18,22H,10-13,15-17H2,1H3. The molecule has 0 atom stereocenters. The van der Waals surface area contributed by atoms with Crippen LogP contribution in [0.25, 0.3) is 0 Å². The first-order valence-corrected chi connectivity index (χ1v) is 8.93. The molecule has 2 aromatic carbocycles. The normalized spacial score (nSPS) is 16.2. The van der Waals surface area contributed by atoms with Crippen LogP contribution in [0.1, 0.15) is 24.0 Å². The summed E-state index contributed by atoms with van der Waals surface area (Å²) in [7, 11) is 1.72. The van der Waals surface area contributed by atoms with Crippen LogP contribution in [0.5, 0.6) is 5.75 Å². The summed E-state index contributed by atoms with van der Waals surface area (Å²) in [6, 6.07) is 19.1. The van der Waals surface area contributed by atoms with Gasteiger partial charge >= 0.3 is 0 Å². The second-order valence-electron chi connectivity index (χ2n) is 6.69. The number of methoxy groups -OCH3 is 1. The van der Waals surface area contributed by atoms with Gasteiger partial charge < -0.3 is 10.1 Å². The quantitative estimate of drug-likeness (QED) is 0.840. The fourth-order valence-corrected chi connectivity index (χ4v) is 3.39. The van der Waals surface area contributed by atoms with E-state index in [1.54, 1.807) is 7.11 Å². The SMILES string of the molecule is COc1cccc(CNCC2CCN(Cc3ccccc3)CC2)c1. The van der Waals surface area contributed by atoms with Crippen LogP contribution in [-0.2, 0) is 13.1 Å². The molecule has 0 saturated carbocycles. The molecule has 1 saturated heterocycles. The van der Waals surface area contributed by atoms with Crippen LogP contribution in [-0.4, -0.2) is 31.6 Å². The highest BCUT2D eigenvalue weighted by molar-refractivity contribution is 5.28. The van der Waals surface area contributed by atoms with Crippen molar-refractivity contribution in [1.29, 1.82) is 0 Å². The highest BCUT2D eigenvalue weighted by Crippen LogP contribution is 2.19. The zero-order valence-electron chi connectivity index (χ0n) is 14.6. The molecule has 0 unspecified atom stereocenters. The first-order valence-electron chi connectivity index (χ1n) is 8.93. The number of hydrogen-bond donors (Lipinski definition) is 1. The number of benzene rings is 2. The lowest BCUT2D eigenvalue weighted by atomic mass is 9.96. The number of piperidine rings is 1. The van der Waals surface area contributed by atoms with Gasteiger partial charge in [0.05, 0.1) is 7.11 Å². The summed E-state index contributed by atoms with van der Waals surface area (Å²) < 4.78 is 5.28. The lowest BCUT2D eigenvalue weighted by Crippen LogP contribution is -2.36. The van der Waals surface area contributed by atoms with Crippen molar-refractivity contribution < 1.29 is 4.74 Å². The van der Waals surface area contributed by atoms with E-state index in [2.05, 4.69) is 58.7 Å². The van der Waals surface area contributed by atoms with Crippen molar-refractivity contribution in [2.24, 2.45) is 5.92 Å². The van der Waals surface area contributed by atoms with Gasteiger partial charge in [0.15, 0.2) is 0 Å². The van der Waals surface area contributed by atoms with Crippen LogP contribution < -0.4 is 10.1 Å². The molecule has 1 heterocycles. The third kappa shape index (κ3) is 5.08. The Bertz CT molecular complexity index is 606. The molecule has 0 bridgehead atoms. The van der Waals surface area contributed by atoms with E-state index in [-0.39, 0.29) is 0 Å². The van der Waals surface area contributed by atoms with Crippen molar-refractivity contribution in [2.45, 2.75) is 25.9 Å². The number of likely N-dealkylation sites (tertiary alicyclic amines) is 1. The molecule has 0 amide bonds. The molecule has 1 aliphatic rings. The maximum atomic E-state index is 5.28. The van der Waals surface area contributed by atoms with Gasteiger partial charge in [-0.2, -0.15) is 0 Å². The van der Waals surface area contributed by atoms with Crippen LogP contribution in [0, 0.1) is 5.92 Å². The van der Waals surface area contributed by atoms with Crippen molar-refractivity contribution in [3.8, 4) is 5.75 Å². The number of nitrogens with zero attached hydrogens (tertiary/aromatic N) is 1. The zero-order valence-corrected chi connectivity index (χ0v) is 14.6. The topological polar surface area (TPSA) is 24.5 Å². The lowest BCUT2D eigenvalue weighted by molar-refractivity contribution is 0.175. The van der Waals surface area contributed by atoms with Crippen LogP contribution in [0.3, 0.4) is 0 Å². The zero-order chi connectivity index (χ0) is 16.6. The Morgan fingerprint density at radius 2 is 1.75 bits per heavy atom. The molecule has 1 aliphatic heterocycles. The summed E-state index contributed by atoms with van der Waals surface area (Å²) in [5.74, 6) is 1.73. The summed E-state index contributed by atoms with van der Waals surface area (Å²) in [4.78, 5) is 2.58. The summed E-state index contributed by atoms with van der Waals surface area (Å²) in [5, 5.41) is 3.61. The van der Waals surface area contributed by atoms with Crippen LogP contribution >= 0.6 is 0 Å². The van der Waals surface area contributed by atoms with E-state index in [4.69, 9.17) is 4.74 Å². The van der Waals surface area contributed by atoms with Gasteiger partial charge in [0.2, 0.25) is 0 Å². The van der Waals surface area contributed by atoms with E-state index in [0.29, 0.717) is 0 Å². The van der Waals surface area contributed by atoms with Crippen molar-refractivity contribution in [2.75, 3.05) is 26.7 Å². The van der Waals surface area contributed by atoms with E-state index in [0.717, 1.165) is 31.3 Å². The minimum atomic E-state index is 0.794. The third-order valence-electron chi connectivity index (χ3n) is 4.85. The van der Waals surface area contributed by atoms with Crippen LogP contribution in [0.15, 0.2) is 54.6 Å². The summed E-state index contributed by atoms with van der Waals surface area (Å²) in [6.07, 6.45) is 2.58. The number of rotatable bonds is 7. The average molecular weight is 324 g/mol. The second kappa shape index (κ2) is 8.86.